The summed E-state index contributed by atoms with van der Waals surface area (Å²) in [7, 11) is 0. The van der Waals surface area contributed by atoms with Crippen molar-refractivity contribution in [1.29, 1.82) is 0 Å². The average Bonchev–Trinajstić information content (AvgIpc) is 2.29. The number of nitrogens with one attached hydrogen (secondary N) is 1. The van der Waals surface area contributed by atoms with E-state index in [1.165, 1.54) is 12.1 Å². The molecule has 1 aliphatic heterocycles. The van der Waals surface area contributed by atoms with Crippen molar-refractivity contribution in [1.82, 2.24) is 5.32 Å². The van der Waals surface area contributed by atoms with Crippen LogP contribution in [0.2, 0.25) is 0 Å². The van der Waals surface area contributed by atoms with Crippen molar-refractivity contribution in [3.63, 3.8) is 0 Å². The van der Waals surface area contributed by atoms with E-state index in [0.29, 0.717) is 5.56 Å². The maximum Gasteiger partial charge on any atom is 0.258 e. The lowest BCUT2D eigenvalue weighted by atomic mass is 10.1. The number of amides is 2. The van der Waals surface area contributed by atoms with Crippen LogP contribution in [-0.4, -0.2) is 11.8 Å². The van der Waals surface area contributed by atoms with Crippen LogP contribution in [0.15, 0.2) is 24.2 Å². The minimum absolute atomic E-state index is 0.0934. The molecule has 2 amide bonds. The van der Waals surface area contributed by atoms with Crippen LogP contribution in [0, 0.1) is 0 Å². The second-order valence-corrected chi connectivity index (χ2v) is 2.24. The molecule has 1 aliphatic rings. The number of hydrogen-bond acceptors (Lipinski definition) is 2. The Balaban J connectivity index is 2.75. The zero-order valence-corrected chi connectivity index (χ0v) is 5.55. The van der Waals surface area contributed by atoms with Gasteiger partial charge in [-0.25, -0.2) is 0 Å². The quantitative estimate of drug-likeness (QED) is 0.547. The first-order chi connectivity index (χ1) is 5.70. The minimum atomic E-state index is -0.472. The van der Waals surface area contributed by atoms with Crippen molar-refractivity contribution in [2.24, 2.45) is 0 Å². The highest BCUT2D eigenvalue weighted by molar-refractivity contribution is 6.21. The second kappa shape index (κ2) is 1.92. The molecule has 0 saturated carbocycles. The minimum Gasteiger partial charge on any atom is -0.288 e. The monoisotopic (exact) mass is 148 g/mol. The molecule has 0 bridgehead atoms. The maximum absolute atomic E-state index is 11.0. The van der Waals surface area contributed by atoms with Crippen LogP contribution in [0.3, 0.4) is 0 Å². The molecule has 0 atom stereocenters. The summed E-state index contributed by atoms with van der Waals surface area (Å²) in [6, 6.07) is 4.69. The number of hydrogen-bond donors (Lipinski definition) is 1. The molecule has 0 spiro atoms. The zero-order chi connectivity index (χ0) is 8.72. The molecule has 1 aromatic carbocycles. The molecule has 11 heavy (non-hydrogen) atoms. The Bertz CT molecular complexity index is 387. The van der Waals surface area contributed by atoms with Gasteiger partial charge in [0.1, 0.15) is 0 Å². The molecule has 0 aliphatic carbocycles. The zero-order valence-electron chi connectivity index (χ0n) is 6.55. The summed E-state index contributed by atoms with van der Waals surface area (Å²) in [6.45, 7) is 0. The molecular formula is C8H5NO2. The van der Waals surface area contributed by atoms with Gasteiger partial charge in [-0.1, -0.05) is 12.1 Å². The fraction of sp³-hybridized carbons (Fsp3) is 0. The summed E-state index contributed by atoms with van der Waals surface area (Å²) in [6.07, 6.45) is 0. The summed E-state index contributed by atoms with van der Waals surface area (Å²) >= 11 is 0. The van der Waals surface area contributed by atoms with Gasteiger partial charge in [0.2, 0.25) is 0 Å². The summed E-state index contributed by atoms with van der Waals surface area (Å²) in [5.74, 6) is -0.885. The SMILES string of the molecule is [2H]c1cccc2c1C(=O)NC2=O. The molecular weight excluding hydrogens is 142 g/mol. The Hall–Kier alpha value is -1.64. The third-order valence-corrected chi connectivity index (χ3v) is 1.55. The van der Waals surface area contributed by atoms with E-state index >= 15 is 0 Å². The normalized spacial score (nSPS) is 15.8. The molecule has 1 aromatic rings. The predicted molar refractivity (Wildman–Crippen MR) is 38.2 cm³/mol. The Morgan fingerprint density at radius 1 is 1.18 bits per heavy atom. The van der Waals surface area contributed by atoms with Crippen molar-refractivity contribution in [2.45, 2.75) is 0 Å². The first kappa shape index (κ1) is 5.07. The molecule has 0 aromatic heterocycles. The van der Waals surface area contributed by atoms with Crippen LogP contribution in [0.25, 0.3) is 0 Å². The predicted octanol–water partition coefficient (Wildman–Crippen LogP) is 0.570. The topological polar surface area (TPSA) is 46.2 Å². The molecule has 54 valence electrons. The van der Waals surface area contributed by atoms with Gasteiger partial charge in [-0.3, -0.25) is 14.9 Å². The molecule has 1 N–H and O–H groups in total. The van der Waals surface area contributed by atoms with Crippen LogP contribution in [-0.2, 0) is 0 Å². The van der Waals surface area contributed by atoms with E-state index in [1.54, 1.807) is 6.07 Å². The molecule has 3 nitrogen and oxygen atoms in total. The van der Waals surface area contributed by atoms with Gasteiger partial charge in [-0.15, -0.1) is 0 Å². The van der Waals surface area contributed by atoms with Gasteiger partial charge in [0, 0.05) is 0 Å². The summed E-state index contributed by atoms with van der Waals surface area (Å²) in [5.41, 5.74) is 0.481. The number of benzene rings is 1. The van der Waals surface area contributed by atoms with Crippen LogP contribution in [0.5, 0.6) is 0 Å². The van der Waals surface area contributed by atoms with Crippen LogP contribution >= 0.6 is 0 Å². The first-order valence-electron chi connectivity index (χ1n) is 3.65. The second-order valence-electron chi connectivity index (χ2n) is 2.24. The highest BCUT2D eigenvalue weighted by atomic mass is 16.2. The van der Waals surface area contributed by atoms with Gasteiger partial charge < -0.3 is 0 Å². The Labute approximate surface area is 64.4 Å². The van der Waals surface area contributed by atoms with Crippen molar-refractivity contribution in [3.8, 4) is 0 Å². The van der Waals surface area contributed by atoms with E-state index in [4.69, 9.17) is 1.37 Å². The van der Waals surface area contributed by atoms with Crippen molar-refractivity contribution >= 4 is 11.8 Å². The van der Waals surface area contributed by atoms with Gasteiger partial charge in [0.15, 0.2) is 0 Å². The standard InChI is InChI=1S/C8H5NO2/c10-7-5-3-1-2-4-6(5)8(11)9-7/h1-4H,(H,9,10,11)/i3D. The lowest BCUT2D eigenvalue weighted by Gasteiger charge is -1.88. The average molecular weight is 148 g/mol. The van der Waals surface area contributed by atoms with Gasteiger partial charge in [-0.2, -0.15) is 0 Å². The smallest absolute Gasteiger partial charge is 0.258 e. The van der Waals surface area contributed by atoms with Crippen molar-refractivity contribution < 1.29 is 11.0 Å². The molecule has 2 rings (SSSR count). The number of imide groups is 1. The van der Waals surface area contributed by atoms with Crippen molar-refractivity contribution in [2.75, 3.05) is 0 Å². The van der Waals surface area contributed by atoms with E-state index in [0.717, 1.165) is 0 Å². The molecule has 1 heterocycles. The third kappa shape index (κ3) is 0.741. The lowest BCUT2D eigenvalue weighted by Crippen LogP contribution is -2.19. The highest BCUT2D eigenvalue weighted by Crippen LogP contribution is 2.13. The maximum atomic E-state index is 11.0. The Morgan fingerprint density at radius 3 is 2.64 bits per heavy atom. The van der Waals surface area contributed by atoms with E-state index in [1.807, 2.05) is 0 Å². The van der Waals surface area contributed by atoms with Gasteiger partial charge in [0.05, 0.1) is 12.5 Å². The Morgan fingerprint density at radius 2 is 1.91 bits per heavy atom. The van der Waals surface area contributed by atoms with Crippen molar-refractivity contribution in [3.05, 3.63) is 35.4 Å². The summed E-state index contributed by atoms with van der Waals surface area (Å²) in [4.78, 5) is 22.1. The van der Waals surface area contributed by atoms with E-state index in [9.17, 15) is 9.59 Å². The van der Waals surface area contributed by atoms with E-state index in [2.05, 4.69) is 5.32 Å². The molecule has 0 fully saturated rings. The number of fused-ring (bicyclic) bond motifs is 1. The summed E-state index contributed by atoms with van der Waals surface area (Å²) in [5, 5.41) is 2.13. The molecule has 0 radical (unpaired) electrons. The highest BCUT2D eigenvalue weighted by Gasteiger charge is 2.25. The largest absolute Gasteiger partial charge is 0.288 e. The van der Waals surface area contributed by atoms with Crippen LogP contribution in [0.4, 0.5) is 0 Å². The number of carbonyl (C=O) groups is 2. The lowest BCUT2D eigenvalue weighted by molar-refractivity contribution is 0.0879. The number of carbonyl (C=O) groups excluding carboxylic acids is 2. The van der Waals surface area contributed by atoms with Crippen LogP contribution < -0.4 is 5.32 Å². The van der Waals surface area contributed by atoms with Gasteiger partial charge >= 0.3 is 0 Å². The fourth-order valence-corrected chi connectivity index (χ4v) is 1.05. The first-order valence-corrected chi connectivity index (χ1v) is 3.15. The number of rotatable bonds is 0. The molecule has 0 unspecified atom stereocenters. The van der Waals surface area contributed by atoms with E-state index in [-0.39, 0.29) is 11.6 Å². The molecule has 0 saturated heterocycles. The van der Waals surface area contributed by atoms with Crippen LogP contribution in [0.1, 0.15) is 22.1 Å². The third-order valence-electron chi connectivity index (χ3n) is 1.55. The Kier molecular flexibility index (Phi) is 0.885. The van der Waals surface area contributed by atoms with E-state index < -0.39 is 11.8 Å². The fourth-order valence-electron chi connectivity index (χ4n) is 1.05. The molecule has 3 heteroatoms. The summed E-state index contributed by atoms with van der Waals surface area (Å²) < 4.78 is 7.36. The van der Waals surface area contributed by atoms with Gasteiger partial charge in [-0.05, 0) is 12.1 Å². The van der Waals surface area contributed by atoms with Gasteiger partial charge in [0.25, 0.3) is 11.8 Å².